The highest BCUT2D eigenvalue weighted by molar-refractivity contribution is 7.09. The van der Waals surface area contributed by atoms with Crippen LogP contribution in [0.1, 0.15) is 63.6 Å². The van der Waals surface area contributed by atoms with E-state index in [0.29, 0.717) is 24.8 Å². The van der Waals surface area contributed by atoms with Crippen molar-refractivity contribution < 1.29 is 9.59 Å². The molecule has 1 N–H and O–H groups in total. The first-order chi connectivity index (χ1) is 11.4. The maximum absolute atomic E-state index is 12.3. The molecule has 0 aliphatic carbocycles. The molecule has 5 nitrogen and oxygen atoms in total. The molecule has 2 heterocycles. The molecule has 1 saturated heterocycles. The predicted octanol–water partition coefficient (Wildman–Crippen LogP) is 3.17. The zero-order valence-corrected chi connectivity index (χ0v) is 16.0. The second-order valence-corrected chi connectivity index (χ2v) is 8.22. The van der Waals surface area contributed by atoms with E-state index in [2.05, 4.69) is 24.1 Å². The van der Waals surface area contributed by atoms with Crippen molar-refractivity contribution in [2.45, 2.75) is 59.4 Å². The molecule has 0 saturated carbocycles. The lowest BCUT2D eigenvalue weighted by atomic mass is 9.97. The van der Waals surface area contributed by atoms with Gasteiger partial charge in [0, 0.05) is 36.7 Å². The molecule has 1 fully saturated rings. The summed E-state index contributed by atoms with van der Waals surface area (Å²) in [6.07, 6.45) is 2.74. The third kappa shape index (κ3) is 5.30. The number of rotatable bonds is 6. The number of thiazole rings is 1. The molecule has 134 valence electrons. The van der Waals surface area contributed by atoms with Gasteiger partial charge in [-0.15, -0.1) is 11.3 Å². The number of hydrogen-bond donors (Lipinski definition) is 1. The average Bonchev–Trinajstić information content (AvgIpc) is 3.01. The van der Waals surface area contributed by atoms with Gasteiger partial charge in [-0.1, -0.05) is 27.7 Å². The standard InChI is InChI=1S/C18H29N3O2S/c1-12(2)8-16(22)21-7-5-6-14(10-21)18-20-15(11-24-18)9-19-17(23)13(3)4/h11-14H,5-10H2,1-4H3,(H,19,23). The largest absolute Gasteiger partial charge is 0.350 e. The number of carbonyl (C=O) groups is 2. The highest BCUT2D eigenvalue weighted by Crippen LogP contribution is 2.29. The van der Waals surface area contributed by atoms with Gasteiger partial charge in [0.05, 0.1) is 17.2 Å². The summed E-state index contributed by atoms with van der Waals surface area (Å²) in [5.41, 5.74) is 0.912. The molecule has 1 aliphatic rings. The van der Waals surface area contributed by atoms with Gasteiger partial charge in [-0.05, 0) is 18.8 Å². The van der Waals surface area contributed by atoms with Crippen molar-refractivity contribution in [3.8, 4) is 0 Å². The zero-order valence-electron chi connectivity index (χ0n) is 15.2. The third-order valence-electron chi connectivity index (χ3n) is 4.24. The van der Waals surface area contributed by atoms with Gasteiger partial charge in [0.1, 0.15) is 0 Å². The monoisotopic (exact) mass is 351 g/mol. The Hall–Kier alpha value is -1.43. The number of hydrogen-bond acceptors (Lipinski definition) is 4. The lowest BCUT2D eigenvalue weighted by Gasteiger charge is -2.32. The third-order valence-corrected chi connectivity index (χ3v) is 5.30. The van der Waals surface area contributed by atoms with Crippen molar-refractivity contribution in [1.29, 1.82) is 0 Å². The minimum atomic E-state index is -0.0121. The first-order valence-electron chi connectivity index (χ1n) is 8.86. The van der Waals surface area contributed by atoms with Gasteiger partial charge in [-0.2, -0.15) is 0 Å². The van der Waals surface area contributed by atoms with Crippen LogP contribution in [0.4, 0.5) is 0 Å². The molecule has 1 aromatic rings. The molecule has 0 bridgehead atoms. The van der Waals surface area contributed by atoms with Crippen LogP contribution in [0.5, 0.6) is 0 Å². The first kappa shape index (κ1) is 18.9. The maximum Gasteiger partial charge on any atom is 0.222 e. The molecule has 6 heteroatoms. The van der Waals surface area contributed by atoms with Gasteiger partial charge in [-0.3, -0.25) is 9.59 Å². The van der Waals surface area contributed by atoms with Crippen molar-refractivity contribution in [1.82, 2.24) is 15.2 Å². The van der Waals surface area contributed by atoms with E-state index in [1.165, 1.54) is 0 Å². The van der Waals surface area contributed by atoms with Gasteiger partial charge in [0.15, 0.2) is 0 Å². The lowest BCUT2D eigenvalue weighted by molar-refractivity contribution is -0.133. The Labute approximate surface area is 148 Å². The second-order valence-electron chi connectivity index (χ2n) is 7.33. The van der Waals surface area contributed by atoms with E-state index < -0.39 is 0 Å². The minimum absolute atomic E-state index is 0.0121. The molecule has 1 aromatic heterocycles. The van der Waals surface area contributed by atoms with E-state index in [1.54, 1.807) is 11.3 Å². The normalized spacial score (nSPS) is 18.2. The summed E-state index contributed by atoms with van der Waals surface area (Å²) in [5.74, 6) is 1.02. The Morgan fingerprint density at radius 1 is 1.38 bits per heavy atom. The molecule has 24 heavy (non-hydrogen) atoms. The molecule has 1 atom stereocenters. The van der Waals surface area contributed by atoms with Crippen LogP contribution in [-0.4, -0.2) is 34.8 Å². The van der Waals surface area contributed by atoms with Gasteiger partial charge in [-0.25, -0.2) is 4.98 Å². The Kier molecular flexibility index (Phi) is 6.78. The molecular weight excluding hydrogens is 322 g/mol. The Balaban J connectivity index is 1.92. The minimum Gasteiger partial charge on any atom is -0.350 e. The van der Waals surface area contributed by atoms with Crippen LogP contribution in [0.3, 0.4) is 0 Å². The van der Waals surface area contributed by atoms with Gasteiger partial charge in [0.25, 0.3) is 0 Å². The van der Waals surface area contributed by atoms with Gasteiger partial charge < -0.3 is 10.2 Å². The summed E-state index contributed by atoms with van der Waals surface area (Å²) in [6, 6.07) is 0. The Bertz CT molecular complexity index is 568. The molecule has 1 aliphatic heterocycles. The molecule has 2 rings (SSSR count). The Morgan fingerprint density at radius 2 is 2.12 bits per heavy atom. The summed E-state index contributed by atoms with van der Waals surface area (Å²) in [6.45, 7) is 10.0. The summed E-state index contributed by atoms with van der Waals surface area (Å²) in [4.78, 5) is 30.6. The van der Waals surface area contributed by atoms with E-state index in [0.717, 1.165) is 36.6 Å². The van der Waals surface area contributed by atoms with Crippen molar-refractivity contribution in [3.63, 3.8) is 0 Å². The highest BCUT2D eigenvalue weighted by atomic mass is 32.1. The van der Waals surface area contributed by atoms with E-state index in [-0.39, 0.29) is 17.7 Å². The average molecular weight is 352 g/mol. The van der Waals surface area contributed by atoms with Crippen LogP contribution >= 0.6 is 11.3 Å². The van der Waals surface area contributed by atoms with Crippen molar-refractivity contribution in [3.05, 3.63) is 16.1 Å². The van der Waals surface area contributed by atoms with Crippen molar-refractivity contribution in [2.75, 3.05) is 13.1 Å². The molecule has 0 spiro atoms. The first-order valence-corrected chi connectivity index (χ1v) is 9.74. The summed E-state index contributed by atoms with van der Waals surface area (Å²) < 4.78 is 0. The number of likely N-dealkylation sites (tertiary alicyclic amines) is 1. The van der Waals surface area contributed by atoms with Crippen LogP contribution < -0.4 is 5.32 Å². The second kappa shape index (κ2) is 8.60. The number of nitrogens with one attached hydrogen (secondary N) is 1. The lowest BCUT2D eigenvalue weighted by Crippen LogP contribution is -2.39. The predicted molar refractivity (Wildman–Crippen MR) is 96.8 cm³/mol. The summed E-state index contributed by atoms with van der Waals surface area (Å²) in [5, 5.41) is 6.01. The van der Waals surface area contributed by atoms with Crippen molar-refractivity contribution in [2.24, 2.45) is 11.8 Å². The summed E-state index contributed by atoms with van der Waals surface area (Å²) in [7, 11) is 0. The van der Waals surface area contributed by atoms with E-state index in [4.69, 9.17) is 0 Å². The molecule has 2 amide bonds. The fourth-order valence-electron chi connectivity index (χ4n) is 2.86. The van der Waals surface area contributed by atoms with Gasteiger partial charge in [0.2, 0.25) is 11.8 Å². The van der Waals surface area contributed by atoms with Crippen LogP contribution in [0, 0.1) is 11.8 Å². The molecule has 0 aromatic carbocycles. The fraction of sp³-hybridized carbons (Fsp3) is 0.722. The molecule has 1 unspecified atom stereocenters. The van der Waals surface area contributed by atoms with Crippen LogP contribution in [0.15, 0.2) is 5.38 Å². The topological polar surface area (TPSA) is 62.3 Å². The fourth-order valence-corrected chi connectivity index (χ4v) is 3.80. The smallest absolute Gasteiger partial charge is 0.222 e. The number of nitrogens with zero attached hydrogens (tertiary/aromatic N) is 2. The highest BCUT2D eigenvalue weighted by Gasteiger charge is 2.26. The van der Waals surface area contributed by atoms with E-state index in [9.17, 15) is 9.59 Å². The molecule has 0 radical (unpaired) electrons. The SMILES string of the molecule is CC(C)CC(=O)N1CCCC(c2nc(CNC(=O)C(C)C)cs2)C1. The number of amides is 2. The van der Waals surface area contributed by atoms with Crippen LogP contribution in [0.25, 0.3) is 0 Å². The number of carbonyl (C=O) groups excluding carboxylic acids is 2. The summed E-state index contributed by atoms with van der Waals surface area (Å²) >= 11 is 1.64. The number of aromatic nitrogens is 1. The Morgan fingerprint density at radius 3 is 2.79 bits per heavy atom. The van der Waals surface area contributed by atoms with Crippen molar-refractivity contribution >= 4 is 23.2 Å². The van der Waals surface area contributed by atoms with E-state index >= 15 is 0 Å². The quantitative estimate of drug-likeness (QED) is 0.856. The van der Waals surface area contributed by atoms with Crippen LogP contribution in [-0.2, 0) is 16.1 Å². The zero-order chi connectivity index (χ0) is 17.7. The molecular formula is C18H29N3O2S. The van der Waals surface area contributed by atoms with E-state index in [1.807, 2.05) is 24.1 Å². The maximum atomic E-state index is 12.3. The van der Waals surface area contributed by atoms with Gasteiger partial charge >= 0.3 is 0 Å². The number of piperidine rings is 1. The van der Waals surface area contributed by atoms with Crippen LogP contribution in [0.2, 0.25) is 0 Å².